The van der Waals surface area contributed by atoms with Crippen molar-refractivity contribution in [3.05, 3.63) is 71.8 Å². The van der Waals surface area contributed by atoms with Gasteiger partial charge < -0.3 is 19.1 Å². The van der Waals surface area contributed by atoms with Crippen LogP contribution in [0.15, 0.2) is 54.9 Å². The normalized spacial score (nSPS) is 17.7. The van der Waals surface area contributed by atoms with E-state index in [1.807, 2.05) is 35.5 Å². The Morgan fingerprint density at radius 1 is 1.08 bits per heavy atom. The summed E-state index contributed by atoms with van der Waals surface area (Å²) < 4.78 is 32.3. The lowest BCUT2D eigenvalue weighted by atomic mass is 10.1. The lowest BCUT2D eigenvalue weighted by Crippen LogP contribution is -2.51. The zero-order chi connectivity index (χ0) is 25.8. The molecule has 3 aromatic rings. The van der Waals surface area contributed by atoms with E-state index in [-0.39, 0.29) is 11.7 Å². The standard InChI is InChI=1S/C28H33FN4O4/c1-20(2)15-32(17-21-3-8-25-26(13-21)37-12-11-36-25)28(34)27-19-31(9-10-35-27)16-22-14-30-33(18-22)24-6-4-23(29)5-7-24/h3-8,13-14,18,20,27H,9-12,15-17,19H2,1-2H3. The number of halogens is 1. The summed E-state index contributed by atoms with van der Waals surface area (Å²) in [4.78, 5) is 17.7. The summed E-state index contributed by atoms with van der Waals surface area (Å²) in [5.41, 5.74) is 2.82. The SMILES string of the molecule is CC(C)CN(Cc1ccc2c(c1)OCCO2)C(=O)C1CN(Cc2cnn(-c3ccc(F)cc3)c2)CCO1. The number of carbonyl (C=O) groups excluding carboxylic acids is 1. The van der Waals surface area contributed by atoms with Crippen molar-refractivity contribution in [3.8, 4) is 17.2 Å². The molecule has 1 fully saturated rings. The van der Waals surface area contributed by atoms with E-state index in [9.17, 15) is 9.18 Å². The van der Waals surface area contributed by atoms with Crippen LogP contribution in [0.25, 0.3) is 5.69 Å². The molecule has 196 valence electrons. The smallest absolute Gasteiger partial charge is 0.253 e. The van der Waals surface area contributed by atoms with Gasteiger partial charge in [0.15, 0.2) is 11.5 Å². The van der Waals surface area contributed by atoms with Gasteiger partial charge in [-0.25, -0.2) is 9.07 Å². The average Bonchev–Trinajstić information content (AvgIpc) is 3.36. The van der Waals surface area contributed by atoms with Crippen LogP contribution in [-0.2, 0) is 22.6 Å². The molecule has 0 N–H and O–H groups in total. The maximum absolute atomic E-state index is 13.6. The molecule has 1 saturated heterocycles. The van der Waals surface area contributed by atoms with Gasteiger partial charge in [-0.3, -0.25) is 9.69 Å². The topological polar surface area (TPSA) is 69.1 Å². The van der Waals surface area contributed by atoms with Gasteiger partial charge in [0.05, 0.1) is 18.5 Å². The van der Waals surface area contributed by atoms with Gasteiger partial charge in [-0.15, -0.1) is 0 Å². The van der Waals surface area contributed by atoms with Crippen LogP contribution in [-0.4, -0.2) is 71.0 Å². The average molecular weight is 509 g/mol. The maximum atomic E-state index is 13.6. The summed E-state index contributed by atoms with van der Waals surface area (Å²) in [6, 6.07) is 12.1. The number of hydrogen-bond donors (Lipinski definition) is 0. The number of benzene rings is 2. The Labute approximate surface area is 216 Å². The number of fused-ring (bicyclic) bond motifs is 1. The molecule has 8 nitrogen and oxygen atoms in total. The molecule has 0 spiro atoms. The van der Waals surface area contributed by atoms with E-state index in [1.54, 1.807) is 16.8 Å². The third-order valence-electron chi connectivity index (χ3n) is 6.44. The molecule has 0 bridgehead atoms. The molecule has 9 heteroatoms. The second-order valence-electron chi connectivity index (χ2n) is 9.95. The molecule has 0 saturated carbocycles. The Hall–Kier alpha value is -3.43. The summed E-state index contributed by atoms with van der Waals surface area (Å²) in [6.07, 6.45) is 3.21. The Morgan fingerprint density at radius 3 is 2.65 bits per heavy atom. The van der Waals surface area contributed by atoms with Crippen LogP contribution in [0.4, 0.5) is 4.39 Å². The Balaban J connectivity index is 1.23. The van der Waals surface area contributed by atoms with Crippen LogP contribution >= 0.6 is 0 Å². The molecule has 1 amide bonds. The van der Waals surface area contributed by atoms with Crippen LogP contribution in [0.2, 0.25) is 0 Å². The van der Waals surface area contributed by atoms with Crippen molar-refractivity contribution in [1.82, 2.24) is 19.6 Å². The van der Waals surface area contributed by atoms with Crippen LogP contribution < -0.4 is 9.47 Å². The van der Waals surface area contributed by atoms with E-state index in [0.29, 0.717) is 51.9 Å². The van der Waals surface area contributed by atoms with Crippen molar-refractivity contribution in [1.29, 1.82) is 0 Å². The maximum Gasteiger partial charge on any atom is 0.253 e. The number of aromatic nitrogens is 2. The number of ether oxygens (including phenoxy) is 3. The molecule has 1 aromatic heterocycles. The minimum atomic E-state index is -0.531. The highest BCUT2D eigenvalue weighted by Crippen LogP contribution is 2.31. The fraction of sp³-hybridized carbons (Fsp3) is 0.429. The molecular formula is C28H33FN4O4. The predicted octanol–water partition coefficient (Wildman–Crippen LogP) is 3.67. The first kappa shape index (κ1) is 25.2. The molecule has 0 radical (unpaired) electrons. The molecule has 3 heterocycles. The molecule has 1 unspecified atom stereocenters. The number of morpholine rings is 1. The fourth-order valence-corrected chi connectivity index (χ4v) is 4.71. The van der Waals surface area contributed by atoms with E-state index in [0.717, 1.165) is 34.9 Å². The summed E-state index contributed by atoms with van der Waals surface area (Å²) in [5, 5.41) is 4.42. The third-order valence-corrected chi connectivity index (χ3v) is 6.44. The van der Waals surface area contributed by atoms with Crippen molar-refractivity contribution in [2.45, 2.75) is 33.0 Å². The molecule has 0 aliphatic carbocycles. The van der Waals surface area contributed by atoms with Gasteiger partial charge in [-0.2, -0.15) is 5.10 Å². The van der Waals surface area contributed by atoms with E-state index < -0.39 is 6.10 Å². The molecular weight excluding hydrogens is 475 g/mol. The summed E-state index contributed by atoms with van der Waals surface area (Å²) in [6.45, 7) is 8.80. The fourth-order valence-electron chi connectivity index (χ4n) is 4.71. The van der Waals surface area contributed by atoms with Gasteiger partial charge in [0, 0.05) is 44.5 Å². The summed E-state index contributed by atoms with van der Waals surface area (Å²) in [7, 11) is 0. The second kappa shape index (κ2) is 11.3. The number of nitrogens with zero attached hydrogens (tertiary/aromatic N) is 4. The van der Waals surface area contributed by atoms with Crippen molar-refractivity contribution in [2.75, 3.05) is 39.5 Å². The summed E-state index contributed by atoms with van der Waals surface area (Å²) >= 11 is 0. The Morgan fingerprint density at radius 2 is 1.86 bits per heavy atom. The van der Waals surface area contributed by atoms with Gasteiger partial charge in [0.2, 0.25) is 0 Å². The number of rotatable bonds is 8. The van der Waals surface area contributed by atoms with Gasteiger partial charge in [0.1, 0.15) is 25.1 Å². The third kappa shape index (κ3) is 6.29. The Bertz CT molecular complexity index is 1210. The molecule has 2 aliphatic heterocycles. The monoisotopic (exact) mass is 508 g/mol. The predicted molar refractivity (Wildman–Crippen MR) is 136 cm³/mol. The van der Waals surface area contributed by atoms with Crippen molar-refractivity contribution >= 4 is 5.91 Å². The number of carbonyl (C=O) groups is 1. The second-order valence-corrected chi connectivity index (χ2v) is 9.95. The van der Waals surface area contributed by atoms with E-state index in [2.05, 4.69) is 23.8 Å². The van der Waals surface area contributed by atoms with Crippen LogP contribution in [0, 0.1) is 11.7 Å². The zero-order valence-electron chi connectivity index (χ0n) is 21.3. The highest BCUT2D eigenvalue weighted by atomic mass is 19.1. The number of amides is 1. The van der Waals surface area contributed by atoms with E-state index >= 15 is 0 Å². The first-order chi connectivity index (χ1) is 17.9. The first-order valence-corrected chi connectivity index (χ1v) is 12.8. The zero-order valence-corrected chi connectivity index (χ0v) is 21.3. The lowest BCUT2D eigenvalue weighted by Gasteiger charge is -2.35. The molecule has 2 aliphatic rings. The van der Waals surface area contributed by atoms with Crippen molar-refractivity contribution < 1.29 is 23.4 Å². The van der Waals surface area contributed by atoms with E-state index in [1.165, 1.54) is 12.1 Å². The summed E-state index contributed by atoms with van der Waals surface area (Å²) in [5.74, 6) is 1.50. The quantitative estimate of drug-likeness (QED) is 0.463. The van der Waals surface area contributed by atoms with Crippen molar-refractivity contribution in [2.24, 2.45) is 5.92 Å². The van der Waals surface area contributed by atoms with Crippen LogP contribution in [0.1, 0.15) is 25.0 Å². The van der Waals surface area contributed by atoms with Crippen LogP contribution in [0.5, 0.6) is 11.5 Å². The van der Waals surface area contributed by atoms with Gasteiger partial charge in [0.25, 0.3) is 5.91 Å². The molecule has 5 rings (SSSR count). The van der Waals surface area contributed by atoms with Gasteiger partial charge in [-0.1, -0.05) is 19.9 Å². The van der Waals surface area contributed by atoms with Crippen LogP contribution in [0.3, 0.4) is 0 Å². The highest BCUT2D eigenvalue weighted by molar-refractivity contribution is 5.81. The van der Waals surface area contributed by atoms with Crippen molar-refractivity contribution in [3.63, 3.8) is 0 Å². The number of hydrogen-bond acceptors (Lipinski definition) is 6. The minimum Gasteiger partial charge on any atom is -0.486 e. The molecule has 37 heavy (non-hydrogen) atoms. The highest BCUT2D eigenvalue weighted by Gasteiger charge is 2.31. The van der Waals surface area contributed by atoms with Gasteiger partial charge >= 0.3 is 0 Å². The minimum absolute atomic E-state index is 0.00436. The van der Waals surface area contributed by atoms with Gasteiger partial charge in [-0.05, 0) is 47.9 Å². The molecule has 1 atom stereocenters. The Kier molecular flexibility index (Phi) is 7.71. The molecule has 2 aromatic carbocycles. The largest absolute Gasteiger partial charge is 0.486 e. The van der Waals surface area contributed by atoms with E-state index in [4.69, 9.17) is 14.2 Å². The first-order valence-electron chi connectivity index (χ1n) is 12.8. The lowest BCUT2D eigenvalue weighted by molar-refractivity contribution is -0.151.